The van der Waals surface area contributed by atoms with E-state index in [9.17, 15) is 4.79 Å². The van der Waals surface area contributed by atoms with Crippen LogP contribution in [0.3, 0.4) is 0 Å². The van der Waals surface area contributed by atoms with Crippen LogP contribution in [0.15, 0.2) is 18.2 Å². The van der Waals surface area contributed by atoms with E-state index in [4.69, 9.17) is 0 Å². The van der Waals surface area contributed by atoms with E-state index in [2.05, 4.69) is 29.3 Å². The Morgan fingerprint density at radius 2 is 2.32 bits per heavy atom. The highest BCUT2D eigenvalue weighted by Gasteiger charge is 2.37. The van der Waals surface area contributed by atoms with Gasteiger partial charge in [-0.1, -0.05) is 19.1 Å². The van der Waals surface area contributed by atoms with Crippen LogP contribution in [0.4, 0.5) is 5.69 Å². The van der Waals surface area contributed by atoms with Gasteiger partial charge in [-0.2, -0.15) is 0 Å². The molecule has 3 rings (SSSR count). The highest BCUT2D eigenvalue weighted by molar-refractivity contribution is 5.74. The lowest BCUT2D eigenvalue weighted by atomic mass is 9.80. The van der Waals surface area contributed by atoms with Crippen molar-refractivity contribution >= 4 is 12.1 Å². The van der Waals surface area contributed by atoms with Gasteiger partial charge < -0.3 is 5.32 Å². The molecule has 1 aromatic carbocycles. The zero-order chi connectivity index (χ0) is 13.2. The second-order valence-electron chi connectivity index (χ2n) is 5.77. The Morgan fingerprint density at radius 1 is 1.42 bits per heavy atom. The molecule has 19 heavy (non-hydrogen) atoms. The van der Waals surface area contributed by atoms with Gasteiger partial charge in [0, 0.05) is 11.7 Å². The monoisotopic (exact) mass is 258 g/mol. The summed E-state index contributed by atoms with van der Waals surface area (Å²) in [6.07, 6.45) is 5.60. The van der Waals surface area contributed by atoms with Crippen LogP contribution in [-0.2, 0) is 17.6 Å². The molecule has 2 aliphatic rings. The van der Waals surface area contributed by atoms with Crippen LogP contribution in [0.5, 0.6) is 0 Å². The highest BCUT2D eigenvalue weighted by Crippen LogP contribution is 2.38. The van der Waals surface area contributed by atoms with Gasteiger partial charge in [-0.05, 0) is 61.9 Å². The second-order valence-corrected chi connectivity index (χ2v) is 5.77. The SMILES string of the molecule is CCCN1CCC2Cc3c(cccc3NC=O)CC21. The van der Waals surface area contributed by atoms with E-state index in [1.54, 1.807) is 0 Å². The van der Waals surface area contributed by atoms with Crippen LogP contribution in [0.2, 0.25) is 0 Å². The quantitative estimate of drug-likeness (QED) is 0.841. The molecule has 1 aromatic rings. The summed E-state index contributed by atoms with van der Waals surface area (Å²) in [6, 6.07) is 7.03. The average molecular weight is 258 g/mol. The van der Waals surface area contributed by atoms with Crippen LogP contribution in [-0.4, -0.2) is 30.4 Å². The first-order chi connectivity index (χ1) is 9.33. The fraction of sp³-hybridized carbons (Fsp3) is 0.562. The molecular formula is C16H22N2O. The molecule has 0 bridgehead atoms. The Balaban J connectivity index is 1.86. The third kappa shape index (κ3) is 2.27. The molecule has 1 N–H and O–H groups in total. The molecule has 2 atom stereocenters. The van der Waals surface area contributed by atoms with Crippen molar-refractivity contribution in [1.82, 2.24) is 4.90 Å². The maximum Gasteiger partial charge on any atom is 0.211 e. The molecule has 1 heterocycles. The second kappa shape index (κ2) is 5.33. The van der Waals surface area contributed by atoms with Crippen molar-refractivity contribution in [2.45, 2.75) is 38.6 Å². The Morgan fingerprint density at radius 3 is 3.11 bits per heavy atom. The molecule has 0 radical (unpaired) electrons. The van der Waals surface area contributed by atoms with Crippen LogP contribution in [0, 0.1) is 5.92 Å². The largest absolute Gasteiger partial charge is 0.328 e. The summed E-state index contributed by atoms with van der Waals surface area (Å²) in [5, 5.41) is 2.86. The normalized spacial score (nSPS) is 25.7. The van der Waals surface area contributed by atoms with Crippen molar-refractivity contribution in [3.8, 4) is 0 Å². The minimum atomic E-state index is 0.721. The molecule has 1 amide bonds. The van der Waals surface area contributed by atoms with E-state index in [0.29, 0.717) is 0 Å². The topological polar surface area (TPSA) is 32.3 Å². The number of likely N-dealkylation sites (tertiary alicyclic amines) is 1. The summed E-state index contributed by atoms with van der Waals surface area (Å²) < 4.78 is 0. The highest BCUT2D eigenvalue weighted by atomic mass is 16.1. The standard InChI is InChI=1S/C16H22N2O/c1-2-7-18-8-6-13-9-14-12(10-16(13)18)4-3-5-15(14)17-11-19/h3-5,11,13,16H,2,6-10H2,1H3,(H,17,19). The van der Waals surface area contributed by atoms with Crippen molar-refractivity contribution in [1.29, 1.82) is 0 Å². The zero-order valence-corrected chi connectivity index (χ0v) is 11.6. The Kier molecular flexibility index (Phi) is 3.56. The summed E-state index contributed by atoms with van der Waals surface area (Å²) in [4.78, 5) is 13.4. The number of anilines is 1. The van der Waals surface area contributed by atoms with Gasteiger partial charge in [0.2, 0.25) is 6.41 Å². The molecule has 1 aliphatic heterocycles. The Labute approximate surface area is 115 Å². The first-order valence-corrected chi connectivity index (χ1v) is 7.38. The Hall–Kier alpha value is -1.35. The summed E-state index contributed by atoms with van der Waals surface area (Å²) in [5.74, 6) is 0.772. The van der Waals surface area contributed by atoms with Crippen molar-refractivity contribution in [2.24, 2.45) is 5.92 Å². The molecule has 1 saturated heterocycles. The smallest absolute Gasteiger partial charge is 0.211 e. The fourth-order valence-electron chi connectivity index (χ4n) is 3.84. The van der Waals surface area contributed by atoms with E-state index < -0.39 is 0 Å². The van der Waals surface area contributed by atoms with E-state index in [-0.39, 0.29) is 0 Å². The number of benzene rings is 1. The van der Waals surface area contributed by atoms with E-state index >= 15 is 0 Å². The maximum absolute atomic E-state index is 10.7. The van der Waals surface area contributed by atoms with Crippen LogP contribution >= 0.6 is 0 Å². The zero-order valence-electron chi connectivity index (χ0n) is 11.6. The average Bonchev–Trinajstić information content (AvgIpc) is 2.80. The molecule has 0 spiro atoms. The molecule has 3 nitrogen and oxygen atoms in total. The molecule has 102 valence electrons. The number of rotatable bonds is 4. The fourth-order valence-corrected chi connectivity index (χ4v) is 3.84. The molecule has 2 unspecified atom stereocenters. The molecule has 0 saturated carbocycles. The van der Waals surface area contributed by atoms with Crippen LogP contribution in [0.1, 0.15) is 30.9 Å². The third-order valence-electron chi connectivity index (χ3n) is 4.69. The third-order valence-corrected chi connectivity index (χ3v) is 4.69. The predicted molar refractivity (Wildman–Crippen MR) is 77.3 cm³/mol. The lowest BCUT2D eigenvalue weighted by Crippen LogP contribution is -2.38. The minimum absolute atomic E-state index is 0.721. The summed E-state index contributed by atoms with van der Waals surface area (Å²) >= 11 is 0. The van der Waals surface area contributed by atoms with Gasteiger partial charge in [-0.3, -0.25) is 9.69 Å². The maximum atomic E-state index is 10.7. The van der Waals surface area contributed by atoms with Gasteiger partial charge in [0.15, 0.2) is 0 Å². The van der Waals surface area contributed by atoms with Gasteiger partial charge >= 0.3 is 0 Å². The number of hydrogen-bond acceptors (Lipinski definition) is 2. The molecule has 0 aromatic heterocycles. The van der Waals surface area contributed by atoms with Crippen LogP contribution < -0.4 is 5.32 Å². The van der Waals surface area contributed by atoms with Crippen molar-refractivity contribution in [2.75, 3.05) is 18.4 Å². The number of nitrogens with one attached hydrogen (secondary N) is 1. The lowest BCUT2D eigenvalue weighted by Gasteiger charge is -2.33. The van der Waals surface area contributed by atoms with Crippen molar-refractivity contribution < 1.29 is 4.79 Å². The summed E-state index contributed by atoms with van der Waals surface area (Å²) in [7, 11) is 0. The van der Waals surface area contributed by atoms with Gasteiger partial charge in [0.05, 0.1) is 0 Å². The van der Waals surface area contributed by atoms with Crippen molar-refractivity contribution in [3.63, 3.8) is 0 Å². The molecular weight excluding hydrogens is 236 g/mol. The molecule has 1 aliphatic carbocycles. The predicted octanol–water partition coefficient (Wildman–Crippen LogP) is 2.45. The number of carbonyl (C=O) groups is 1. The van der Waals surface area contributed by atoms with Gasteiger partial charge in [-0.25, -0.2) is 0 Å². The number of fused-ring (bicyclic) bond motifs is 2. The minimum Gasteiger partial charge on any atom is -0.328 e. The first-order valence-electron chi connectivity index (χ1n) is 7.38. The summed E-state index contributed by atoms with van der Waals surface area (Å²) in [5.41, 5.74) is 3.81. The number of amides is 1. The van der Waals surface area contributed by atoms with Gasteiger partial charge in [-0.15, -0.1) is 0 Å². The summed E-state index contributed by atoms with van der Waals surface area (Å²) in [6.45, 7) is 4.73. The van der Waals surface area contributed by atoms with E-state index in [0.717, 1.165) is 36.9 Å². The van der Waals surface area contributed by atoms with Crippen molar-refractivity contribution in [3.05, 3.63) is 29.3 Å². The van der Waals surface area contributed by atoms with Gasteiger partial charge in [0.1, 0.15) is 0 Å². The number of carbonyl (C=O) groups excluding carboxylic acids is 1. The Bertz CT molecular complexity index is 472. The van der Waals surface area contributed by atoms with E-state index in [1.807, 2.05) is 6.07 Å². The van der Waals surface area contributed by atoms with Crippen LogP contribution in [0.25, 0.3) is 0 Å². The first kappa shape index (κ1) is 12.7. The molecule has 3 heteroatoms. The van der Waals surface area contributed by atoms with E-state index in [1.165, 1.54) is 37.1 Å². The lowest BCUT2D eigenvalue weighted by molar-refractivity contribution is -0.105. The molecule has 1 fully saturated rings. The van der Waals surface area contributed by atoms with Gasteiger partial charge in [0.25, 0.3) is 0 Å². The number of nitrogens with zero attached hydrogens (tertiary/aromatic N) is 1. The number of hydrogen-bond donors (Lipinski definition) is 1.